The van der Waals surface area contributed by atoms with Gasteiger partial charge in [-0.15, -0.1) is 0 Å². The third kappa shape index (κ3) is 1.50. The smallest absolute Gasteiger partial charge is 0.0733 e. The van der Waals surface area contributed by atoms with Gasteiger partial charge in [-0.3, -0.25) is 0 Å². The Bertz CT molecular complexity index is 160. The molecule has 12 heavy (non-hydrogen) atoms. The van der Waals surface area contributed by atoms with Gasteiger partial charge in [-0.05, 0) is 32.6 Å². The van der Waals surface area contributed by atoms with E-state index in [2.05, 4.69) is 19.2 Å². The molecule has 2 fully saturated rings. The maximum atomic E-state index is 5.77. The molecule has 2 aliphatic heterocycles. The van der Waals surface area contributed by atoms with E-state index in [1.807, 2.05) is 0 Å². The molecule has 2 saturated heterocycles. The Morgan fingerprint density at radius 3 is 2.83 bits per heavy atom. The molecule has 0 aromatic rings. The molecule has 0 amide bonds. The summed E-state index contributed by atoms with van der Waals surface area (Å²) in [6.45, 7) is 4.48. The summed E-state index contributed by atoms with van der Waals surface area (Å²) >= 11 is 0. The highest BCUT2D eigenvalue weighted by Crippen LogP contribution is 2.34. The van der Waals surface area contributed by atoms with Crippen molar-refractivity contribution in [1.82, 2.24) is 5.32 Å². The Kier molecular flexibility index (Phi) is 2.37. The van der Waals surface area contributed by atoms with E-state index in [0.717, 1.165) is 0 Å². The predicted octanol–water partition coefficient (Wildman–Crippen LogP) is 1.69. The number of fused-ring (bicyclic) bond motifs is 2. The lowest BCUT2D eigenvalue weighted by molar-refractivity contribution is 0.0962. The largest absolute Gasteiger partial charge is 0.373 e. The van der Waals surface area contributed by atoms with Gasteiger partial charge in [-0.25, -0.2) is 0 Å². The Morgan fingerprint density at radius 1 is 1.50 bits per heavy atom. The molecule has 2 heterocycles. The Hall–Kier alpha value is -0.0800. The quantitative estimate of drug-likeness (QED) is 0.694. The van der Waals surface area contributed by atoms with Crippen molar-refractivity contribution in [3.8, 4) is 0 Å². The van der Waals surface area contributed by atoms with Crippen LogP contribution in [0.3, 0.4) is 0 Å². The first kappa shape index (κ1) is 8.52. The van der Waals surface area contributed by atoms with Gasteiger partial charge >= 0.3 is 0 Å². The lowest BCUT2D eigenvalue weighted by atomic mass is 9.95. The minimum absolute atomic E-state index is 0.531. The molecular formula is C10H19NO. The summed E-state index contributed by atoms with van der Waals surface area (Å²) < 4.78 is 5.77. The van der Waals surface area contributed by atoms with Crippen molar-refractivity contribution in [1.29, 1.82) is 0 Å². The second kappa shape index (κ2) is 3.35. The summed E-state index contributed by atoms with van der Waals surface area (Å²) in [6.07, 6.45) is 6.14. The van der Waals surface area contributed by atoms with E-state index in [1.165, 1.54) is 25.7 Å². The molecule has 2 bridgehead atoms. The molecule has 4 atom stereocenters. The van der Waals surface area contributed by atoms with Crippen LogP contribution in [0.2, 0.25) is 0 Å². The zero-order valence-corrected chi connectivity index (χ0v) is 8.05. The third-order valence-electron chi connectivity index (χ3n) is 3.22. The van der Waals surface area contributed by atoms with Crippen LogP contribution in [0.25, 0.3) is 0 Å². The molecule has 2 nitrogen and oxygen atoms in total. The zero-order chi connectivity index (χ0) is 8.55. The van der Waals surface area contributed by atoms with Crippen molar-refractivity contribution in [3.63, 3.8) is 0 Å². The van der Waals surface area contributed by atoms with Gasteiger partial charge < -0.3 is 10.1 Å². The van der Waals surface area contributed by atoms with Crippen LogP contribution in [0.4, 0.5) is 0 Å². The fourth-order valence-corrected chi connectivity index (χ4v) is 2.30. The predicted molar refractivity (Wildman–Crippen MR) is 49.2 cm³/mol. The van der Waals surface area contributed by atoms with Gasteiger partial charge in [-0.2, -0.15) is 0 Å². The normalized spacial score (nSPS) is 42.0. The van der Waals surface area contributed by atoms with Crippen LogP contribution in [0, 0.1) is 0 Å². The topological polar surface area (TPSA) is 21.3 Å². The van der Waals surface area contributed by atoms with E-state index in [-0.39, 0.29) is 0 Å². The van der Waals surface area contributed by atoms with Crippen LogP contribution in [0.1, 0.15) is 39.5 Å². The van der Waals surface area contributed by atoms with E-state index in [1.54, 1.807) is 0 Å². The number of rotatable bonds is 3. The maximum Gasteiger partial charge on any atom is 0.0733 e. The summed E-state index contributed by atoms with van der Waals surface area (Å²) in [7, 11) is 0. The highest BCUT2D eigenvalue weighted by molar-refractivity contribution is 4.94. The molecule has 0 aliphatic carbocycles. The second-order valence-electron chi connectivity index (χ2n) is 4.19. The minimum Gasteiger partial charge on any atom is -0.373 e. The van der Waals surface area contributed by atoms with Gasteiger partial charge in [0.2, 0.25) is 0 Å². The van der Waals surface area contributed by atoms with Crippen LogP contribution >= 0.6 is 0 Å². The SMILES string of the molecule is CCC(C)NC1CC2CCC1O2. The molecule has 2 heteroatoms. The average molecular weight is 169 g/mol. The van der Waals surface area contributed by atoms with Crippen LogP contribution in [0.5, 0.6) is 0 Å². The highest BCUT2D eigenvalue weighted by atomic mass is 16.5. The molecule has 70 valence electrons. The summed E-state index contributed by atoms with van der Waals surface area (Å²) in [6, 6.07) is 1.30. The van der Waals surface area contributed by atoms with Gasteiger partial charge in [0.05, 0.1) is 12.2 Å². The van der Waals surface area contributed by atoms with Crippen molar-refractivity contribution in [2.24, 2.45) is 0 Å². The third-order valence-corrected chi connectivity index (χ3v) is 3.22. The Balaban J connectivity index is 1.82. The molecule has 0 aromatic heterocycles. The van der Waals surface area contributed by atoms with E-state index < -0.39 is 0 Å². The molecule has 1 N–H and O–H groups in total. The van der Waals surface area contributed by atoms with Crippen molar-refractivity contribution in [2.75, 3.05) is 0 Å². The van der Waals surface area contributed by atoms with Gasteiger partial charge in [0, 0.05) is 12.1 Å². The molecule has 0 radical (unpaired) electrons. The van der Waals surface area contributed by atoms with Crippen molar-refractivity contribution in [3.05, 3.63) is 0 Å². The van der Waals surface area contributed by atoms with E-state index in [4.69, 9.17) is 4.74 Å². The van der Waals surface area contributed by atoms with Gasteiger partial charge in [-0.1, -0.05) is 6.92 Å². The lowest BCUT2D eigenvalue weighted by Gasteiger charge is -2.23. The van der Waals surface area contributed by atoms with Crippen LogP contribution in [-0.4, -0.2) is 24.3 Å². The van der Waals surface area contributed by atoms with Crippen LogP contribution in [0.15, 0.2) is 0 Å². The van der Waals surface area contributed by atoms with Gasteiger partial charge in [0.25, 0.3) is 0 Å². The van der Waals surface area contributed by atoms with Crippen molar-refractivity contribution < 1.29 is 4.74 Å². The standard InChI is InChI=1S/C10H19NO/c1-3-7(2)11-9-6-8-4-5-10(9)12-8/h7-11H,3-6H2,1-2H3. The number of hydrogen-bond acceptors (Lipinski definition) is 2. The first-order valence-electron chi connectivity index (χ1n) is 5.21. The van der Waals surface area contributed by atoms with Crippen LogP contribution in [-0.2, 0) is 4.74 Å². The van der Waals surface area contributed by atoms with Crippen LogP contribution < -0.4 is 5.32 Å². The van der Waals surface area contributed by atoms with E-state index in [0.29, 0.717) is 24.3 Å². The summed E-state index contributed by atoms with van der Waals surface area (Å²) in [4.78, 5) is 0. The molecule has 0 spiro atoms. The Labute approximate surface area is 74.7 Å². The first-order chi connectivity index (χ1) is 5.79. The molecule has 2 rings (SSSR count). The maximum absolute atomic E-state index is 5.77. The zero-order valence-electron chi connectivity index (χ0n) is 8.05. The molecule has 2 aliphatic rings. The summed E-state index contributed by atoms with van der Waals surface area (Å²) in [5.74, 6) is 0. The summed E-state index contributed by atoms with van der Waals surface area (Å²) in [5, 5.41) is 3.63. The first-order valence-corrected chi connectivity index (χ1v) is 5.21. The van der Waals surface area contributed by atoms with E-state index >= 15 is 0 Å². The molecule has 4 unspecified atom stereocenters. The molecular weight excluding hydrogens is 150 g/mol. The fraction of sp³-hybridized carbons (Fsp3) is 1.00. The fourth-order valence-electron chi connectivity index (χ4n) is 2.30. The second-order valence-corrected chi connectivity index (χ2v) is 4.19. The van der Waals surface area contributed by atoms with Gasteiger partial charge in [0.1, 0.15) is 0 Å². The van der Waals surface area contributed by atoms with E-state index in [9.17, 15) is 0 Å². The van der Waals surface area contributed by atoms with Crippen molar-refractivity contribution >= 4 is 0 Å². The van der Waals surface area contributed by atoms with Gasteiger partial charge in [0.15, 0.2) is 0 Å². The highest BCUT2D eigenvalue weighted by Gasteiger charge is 2.40. The number of hydrogen-bond donors (Lipinski definition) is 1. The number of ether oxygens (including phenoxy) is 1. The lowest BCUT2D eigenvalue weighted by Crippen LogP contribution is -2.42. The summed E-state index contributed by atoms with van der Waals surface area (Å²) in [5.41, 5.74) is 0. The minimum atomic E-state index is 0.531. The molecule has 0 saturated carbocycles. The van der Waals surface area contributed by atoms with Crippen molar-refractivity contribution in [2.45, 2.75) is 63.8 Å². The molecule has 0 aromatic carbocycles. The number of nitrogens with one attached hydrogen (secondary N) is 1. The Morgan fingerprint density at radius 2 is 2.33 bits per heavy atom. The average Bonchev–Trinajstić information content (AvgIpc) is 2.64. The monoisotopic (exact) mass is 169 g/mol.